The van der Waals surface area contributed by atoms with Crippen LogP contribution in [0, 0.1) is 11.8 Å². The highest BCUT2D eigenvalue weighted by molar-refractivity contribution is 5.72. The van der Waals surface area contributed by atoms with Gasteiger partial charge >= 0.3 is 5.97 Å². The van der Waals surface area contributed by atoms with E-state index < -0.39 is 5.60 Å². The largest absolute Gasteiger partial charge is 0.465 e. The normalized spacial score (nSPS) is 16.7. The van der Waals surface area contributed by atoms with Gasteiger partial charge in [0.25, 0.3) is 0 Å². The van der Waals surface area contributed by atoms with Crippen molar-refractivity contribution in [3.05, 3.63) is 35.4 Å². The van der Waals surface area contributed by atoms with Crippen LogP contribution in [0.1, 0.15) is 37.3 Å². The molecule has 4 heteroatoms. The van der Waals surface area contributed by atoms with Crippen LogP contribution in [0.4, 0.5) is 0 Å². The van der Waals surface area contributed by atoms with Crippen LogP contribution in [0.15, 0.2) is 24.3 Å². The number of carbonyl (C=O) groups excluding carboxylic acids is 1. The molecule has 1 aliphatic rings. The van der Waals surface area contributed by atoms with E-state index >= 15 is 0 Å². The van der Waals surface area contributed by atoms with Gasteiger partial charge < -0.3 is 15.2 Å². The van der Waals surface area contributed by atoms with E-state index in [0.29, 0.717) is 6.61 Å². The standard InChI is InChI=1S/C17H21NO3/c1-2-21-16(19)5-3-4-14-6-8-15(9-7-14)17(20)10-12-18-13-11-17/h6-9,18,20H,2,5,10-13H2,1H3. The summed E-state index contributed by atoms with van der Waals surface area (Å²) in [5, 5.41) is 13.8. The van der Waals surface area contributed by atoms with Crippen LogP contribution in [-0.2, 0) is 15.1 Å². The van der Waals surface area contributed by atoms with Gasteiger partial charge in [0, 0.05) is 5.56 Å². The summed E-state index contributed by atoms with van der Waals surface area (Å²) in [5.74, 6) is 5.43. The van der Waals surface area contributed by atoms with E-state index in [1.54, 1.807) is 6.92 Å². The number of hydrogen-bond acceptors (Lipinski definition) is 4. The second-order valence-corrected chi connectivity index (χ2v) is 5.14. The number of nitrogens with one attached hydrogen (secondary N) is 1. The highest BCUT2D eigenvalue weighted by atomic mass is 16.5. The van der Waals surface area contributed by atoms with Gasteiger partial charge in [-0.3, -0.25) is 4.79 Å². The Morgan fingerprint density at radius 2 is 2.00 bits per heavy atom. The third kappa shape index (κ3) is 4.32. The highest BCUT2D eigenvalue weighted by Crippen LogP contribution is 2.30. The number of aliphatic hydroxyl groups is 1. The van der Waals surface area contributed by atoms with E-state index in [2.05, 4.69) is 17.2 Å². The summed E-state index contributed by atoms with van der Waals surface area (Å²) in [6.45, 7) is 3.81. The molecule has 112 valence electrons. The van der Waals surface area contributed by atoms with Crippen molar-refractivity contribution in [3.63, 3.8) is 0 Å². The Labute approximate surface area is 125 Å². The Balaban J connectivity index is 1.99. The van der Waals surface area contributed by atoms with Gasteiger partial charge in [0.2, 0.25) is 0 Å². The van der Waals surface area contributed by atoms with Crippen LogP contribution in [0.3, 0.4) is 0 Å². The molecule has 0 aliphatic carbocycles. The first-order valence-corrected chi connectivity index (χ1v) is 7.32. The first-order valence-electron chi connectivity index (χ1n) is 7.32. The van der Waals surface area contributed by atoms with Crippen molar-refractivity contribution in [2.24, 2.45) is 0 Å². The zero-order chi connectivity index (χ0) is 15.1. The molecule has 1 fully saturated rings. The average molecular weight is 287 g/mol. The molecule has 1 aliphatic heterocycles. The van der Waals surface area contributed by atoms with Crippen molar-refractivity contribution in [3.8, 4) is 11.8 Å². The first kappa shape index (κ1) is 15.6. The molecule has 21 heavy (non-hydrogen) atoms. The Hall–Kier alpha value is -1.83. The van der Waals surface area contributed by atoms with Crippen molar-refractivity contribution >= 4 is 5.97 Å². The van der Waals surface area contributed by atoms with Gasteiger partial charge in [0.15, 0.2) is 0 Å². The van der Waals surface area contributed by atoms with E-state index in [-0.39, 0.29) is 12.4 Å². The van der Waals surface area contributed by atoms with E-state index in [0.717, 1.165) is 37.1 Å². The van der Waals surface area contributed by atoms with Crippen molar-refractivity contribution < 1.29 is 14.6 Å². The zero-order valence-corrected chi connectivity index (χ0v) is 12.3. The number of rotatable bonds is 3. The number of esters is 1. The lowest BCUT2D eigenvalue weighted by Crippen LogP contribution is -2.39. The van der Waals surface area contributed by atoms with Gasteiger partial charge in [-0.1, -0.05) is 24.0 Å². The van der Waals surface area contributed by atoms with E-state index in [9.17, 15) is 9.90 Å². The molecule has 0 radical (unpaired) electrons. The molecule has 2 rings (SSSR count). The average Bonchev–Trinajstić information content (AvgIpc) is 2.49. The molecule has 0 amide bonds. The quantitative estimate of drug-likeness (QED) is 0.654. The van der Waals surface area contributed by atoms with Crippen LogP contribution < -0.4 is 5.32 Å². The third-order valence-electron chi connectivity index (χ3n) is 3.62. The lowest BCUT2D eigenvalue weighted by atomic mass is 9.85. The smallest absolute Gasteiger partial charge is 0.317 e. The molecule has 0 saturated carbocycles. The summed E-state index contributed by atoms with van der Waals surface area (Å²) < 4.78 is 4.81. The molecule has 1 aromatic carbocycles. The fourth-order valence-corrected chi connectivity index (χ4v) is 2.42. The van der Waals surface area contributed by atoms with Crippen LogP contribution in [-0.4, -0.2) is 30.8 Å². The summed E-state index contributed by atoms with van der Waals surface area (Å²) in [7, 11) is 0. The Kier molecular flexibility index (Phi) is 5.38. The molecule has 0 aromatic heterocycles. The number of hydrogen-bond donors (Lipinski definition) is 2. The molecule has 0 bridgehead atoms. The highest BCUT2D eigenvalue weighted by Gasteiger charge is 2.30. The van der Waals surface area contributed by atoms with Gasteiger partial charge in [0.05, 0.1) is 12.2 Å². The molecule has 1 heterocycles. The molecule has 0 spiro atoms. The summed E-state index contributed by atoms with van der Waals surface area (Å²) in [5.41, 5.74) is 1.03. The van der Waals surface area contributed by atoms with Crippen molar-refractivity contribution in [2.75, 3.05) is 19.7 Å². The summed E-state index contributed by atoms with van der Waals surface area (Å²) in [6, 6.07) is 7.60. The fraction of sp³-hybridized carbons (Fsp3) is 0.471. The van der Waals surface area contributed by atoms with Gasteiger partial charge in [-0.15, -0.1) is 0 Å². The maximum absolute atomic E-state index is 11.2. The monoisotopic (exact) mass is 287 g/mol. The molecule has 0 unspecified atom stereocenters. The molecule has 1 aromatic rings. The van der Waals surface area contributed by atoms with Gasteiger partial charge in [0.1, 0.15) is 6.42 Å². The van der Waals surface area contributed by atoms with Crippen molar-refractivity contribution in [1.82, 2.24) is 5.32 Å². The number of carbonyl (C=O) groups is 1. The number of benzene rings is 1. The van der Waals surface area contributed by atoms with E-state index in [1.807, 2.05) is 24.3 Å². The molecule has 0 atom stereocenters. The SMILES string of the molecule is CCOC(=O)CC#Cc1ccc(C2(O)CCNCC2)cc1. The molecule has 1 saturated heterocycles. The predicted molar refractivity (Wildman–Crippen MR) is 80.6 cm³/mol. The maximum atomic E-state index is 11.2. The molecule has 2 N–H and O–H groups in total. The van der Waals surface area contributed by atoms with Gasteiger partial charge in [-0.2, -0.15) is 0 Å². The second-order valence-electron chi connectivity index (χ2n) is 5.14. The van der Waals surface area contributed by atoms with E-state index in [4.69, 9.17) is 4.74 Å². The summed E-state index contributed by atoms with van der Waals surface area (Å²) in [6.07, 6.45) is 1.55. The Morgan fingerprint density at radius 1 is 1.33 bits per heavy atom. The topological polar surface area (TPSA) is 58.6 Å². The van der Waals surface area contributed by atoms with Crippen molar-refractivity contribution in [1.29, 1.82) is 0 Å². The second kappa shape index (κ2) is 7.26. The summed E-state index contributed by atoms with van der Waals surface area (Å²) in [4.78, 5) is 11.2. The van der Waals surface area contributed by atoms with Crippen LogP contribution >= 0.6 is 0 Å². The van der Waals surface area contributed by atoms with E-state index in [1.165, 1.54) is 0 Å². The molecular formula is C17H21NO3. The number of ether oxygens (including phenoxy) is 1. The minimum Gasteiger partial charge on any atom is -0.465 e. The minimum atomic E-state index is -0.734. The van der Waals surface area contributed by atoms with Gasteiger partial charge in [-0.05, 0) is 50.6 Å². The zero-order valence-electron chi connectivity index (χ0n) is 12.3. The third-order valence-corrected chi connectivity index (χ3v) is 3.62. The fourth-order valence-electron chi connectivity index (χ4n) is 2.42. The number of piperidine rings is 1. The lowest BCUT2D eigenvalue weighted by Gasteiger charge is -2.33. The van der Waals surface area contributed by atoms with Crippen molar-refractivity contribution in [2.45, 2.75) is 31.8 Å². The summed E-state index contributed by atoms with van der Waals surface area (Å²) >= 11 is 0. The minimum absolute atomic E-state index is 0.102. The van der Waals surface area contributed by atoms with Gasteiger partial charge in [-0.25, -0.2) is 0 Å². The first-order chi connectivity index (χ1) is 10.1. The van der Waals surface area contributed by atoms with Crippen LogP contribution in [0.5, 0.6) is 0 Å². The molecular weight excluding hydrogens is 266 g/mol. The lowest BCUT2D eigenvalue weighted by molar-refractivity contribution is -0.141. The van der Waals surface area contributed by atoms with Crippen LogP contribution in [0.2, 0.25) is 0 Å². The maximum Gasteiger partial charge on any atom is 0.317 e. The Bertz CT molecular complexity index is 533. The van der Waals surface area contributed by atoms with Crippen LogP contribution in [0.25, 0.3) is 0 Å². The predicted octanol–water partition coefficient (Wildman–Crippen LogP) is 1.56. The molecule has 4 nitrogen and oxygen atoms in total. The Morgan fingerprint density at radius 3 is 2.62 bits per heavy atom.